The highest BCUT2D eigenvalue weighted by molar-refractivity contribution is 5.91. The smallest absolute Gasteiger partial charge is 0.336 e. The molecular weight excluding hydrogens is 276 g/mol. The zero-order chi connectivity index (χ0) is 15.6. The summed E-state index contributed by atoms with van der Waals surface area (Å²) < 4.78 is 10.1. The molecule has 1 aromatic heterocycles. The van der Waals surface area contributed by atoms with E-state index < -0.39 is 17.1 Å². The van der Waals surface area contributed by atoms with Crippen molar-refractivity contribution < 1.29 is 24.5 Å². The number of aliphatic hydroxyl groups is 1. The van der Waals surface area contributed by atoms with Crippen LogP contribution >= 0.6 is 0 Å². The summed E-state index contributed by atoms with van der Waals surface area (Å²) in [6, 6.07) is 2.73. The summed E-state index contributed by atoms with van der Waals surface area (Å²) in [5.41, 5.74) is 0.579. The third kappa shape index (κ3) is 2.71. The Bertz CT molecular complexity index is 757. The van der Waals surface area contributed by atoms with Crippen LogP contribution < -0.4 is 10.4 Å². The quantitative estimate of drug-likeness (QED) is 0.450. The van der Waals surface area contributed by atoms with Gasteiger partial charge in [0, 0.05) is 17.0 Å². The van der Waals surface area contributed by atoms with Crippen LogP contribution in [0, 0.1) is 0 Å². The Hall–Kier alpha value is -2.47. The number of hydrogen-bond acceptors (Lipinski definition) is 6. The Morgan fingerprint density at radius 1 is 1.33 bits per heavy atom. The number of phenolic OH excluding ortho intramolecular Hbond substituents is 2. The van der Waals surface area contributed by atoms with Gasteiger partial charge in [-0.05, 0) is 19.4 Å². The molecule has 0 fully saturated rings. The van der Waals surface area contributed by atoms with Gasteiger partial charge in [0.2, 0.25) is 11.5 Å². The highest BCUT2D eigenvalue weighted by Gasteiger charge is 2.20. The standard InChI is InChI=1S/C15H16O6/c1-8(7-16)3-4-9-10-5-6-11(17)21-15(10)13(19)12(18)14(9)20-2/h3,5-6,16,18-19H,4,7H2,1-2H3. The molecule has 0 saturated heterocycles. The molecule has 0 bridgehead atoms. The van der Waals surface area contributed by atoms with Gasteiger partial charge in [0.25, 0.3) is 0 Å². The zero-order valence-electron chi connectivity index (χ0n) is 11.7. The molecule has 0 spiro atoms. The molecular formula is C15H16O6. The molecule has 0 unspecified atom stereocenters. The molecule has 2 aromatic rings. The third-order valence-corrected chi connectivity index (χ3v) is 3.20. The normalized spacial score (nSPS) is 11.9. The van der Waals surface area contributed by atoms with E-state index >= 15 is 0 Å². The van der Waals surface area contributed by atoms with Gasteiger partial charge in [-0.15, -0.1) is 0 Å². The first kappa shape index (κ1) is 14.9. The summed E-state index contributed by atoms with van der Waals surface area (Å²) in [6.07, 6.45) is 2.10. The van der Waals surface area contributed by atoms with E-state index in [1.165, 1.54) is 19.2 Å². The maximum Gasteiger partial charge on any atom is 0.336 e. The van der Waals surface area contributed by atoms with Crippen molar-refractivity contribution in [2.45, 2.75) is 13.3 Å². The van der Waals surface area contributed by atoms with Gasteiger partial charge in [-0.25, -0.2) is 4.79 Å². The molecule has 0 aliphatic heterocycles. The number of benzene rings is 1. The maximum absolute atomic E-state index is 11.3. The number of methoxy groups -OCH3 is 1. The van der Waals surface area contributed by atoms with Crippen molar-refractivity contribution in [3.63, 3.8) is 0 Å². The number of ether oxygens (including phenoxy) is 1. The Balaban J connectivity index is 2.77. The molecule has 0 aliphatic carbocycles. The number of fused-ring (bicyclic) bond motifs is 1. The zero-order valence-corrected chi connectivity index (χ0v) is 11.7. The molecule has 0 saturated carbocycles. The van der Waals surface area contributed by atoms with Crippen molar-refractivity contribution in [1.82, 2.24) is 0 Å². The monoisotopic (exact) mass is 292 g/mol. The van der Waals surface area contributed by atoms with Gasteiger partial charge < -0.3 is 24.5 Å². The highest BCUT2D eigenvalue weighted by atomic mass is 16.5. The number of phenols is 2. The molecule has 2 rings (SSSR count). The van der Waals surface area contributed by atoms with Crippen LogP contribution in [0.15, 0.2) is 33.0 Å². The van der Waals surface area contributed by atoms with E-state index in [2.05, 4.69) is 0 Å². The fraction of sp³-hybridized carbons (Fsp3) is 0.267. The molecule has 0 radical (unpaired) electrons. The van der Waals surface area contributed by atoms with Crippen LogP contribution in [0.1, 0.15) is 12.5 Å². The minimum absolute atomic E-state index is 0.0839. The SMILES string of the molecule is COc1c(O)c(O)c2oc(=O)ccc2c1CC=C(C)CO. The molecule has 1 heterocycles. The molecule has 1 aromatic carbocycles. The van der Waals surface area contributed by atoms with Crippen LogP contribution in [0.2, 0.25) is 0 Å². The average molecular weight is 292 g/mol. The van der Waals surface area contributed by atoms with Crippen molar-refractivity contribution in [2.75, 3.05) is 13.7 Å². The van der Waals surface area contributed by atoms with E-state index in [-0.39, 0.29) is 17.9 Å². The first-order valence-corrected chi connectivity index (χ1v) is 6.30. The number of rotatable bonds is 4. The number of hydrogen-bond donors (Lipinski definition) is 3. The van der Waals surface area contributed by atoms with Crippen LogP contribution in [-0.2, 0) is 6.42 Å². The second kappa shape index (κ2) is 5.88. The first-order valence-electron chi connectivity index (χ1n) is 6.30. The van der Waals surface area contributed by atoms with Gasteiger partial charge in [-0.2, -0.15) is 0 Å². The van der Waals surface area contributed by atoms with Crippen LogP contribution in [0.5, 0.6) is 17.2 Å². The van der Waals surface area contributed by atoms with E-state index in [1.54, 1.807) is 13.0 Å². The molecule has 21 heavy (non-hydrogen) atoms. The molecule has 0 amide bonds. The van der Waals surface area contributed by atoms with E-state index in [9.17, 15) is 15.0 Å². The van der Waals surface area contributed by atoms with Crippen molar-refractivity contribution in [1.29, 1.82) is 0 Å². The van der Waals surface area contributed by atoms with Crippen molar-refractivity contribution >= 4 is 11.0 Å². The predicted octanol–water partition coefficient (Wildman–Crippen LogP) is 1.69. The van der Waals surface area contributed by atoms with Gasteiger partial charge in [0.15, 0.2) is 11.3 Å². The summed E-state index contributed by atoms with van der Waals surface area (Å²) in [7, 11) is 1.37. The summed E-state index contributed by atoms with van der Waals surface area (Å²) in [5, 5.41) is 29.4. The average Bonchev–Trinajstić information content (AvgIpc) is 2.49. The second-order valence-electron chi connectivity index (χ2n) is 4.62. The molecule has 112 valence electrons. The summed E-state index contributed by atoms with van der Waals surface area (Å²) in [4.78, 5) is 11.3. The lowest BCUT2D eigenvalue weighted by Gasteiger charge is -2.13. The lowest BCUT2D eigenvalue weighted by molar-refractivity contribution is 0.331. The van der Waals surface area contributed by atoms with Gasteiger partial charge in [-0.1, -0.05) is 11.6 Å². The molecule has 0 atom stereocenters. The van der Waals surface area contributed by atoms with Crippen LogP contribution in [0.4, 0.5) is 0 Å². The number of allylic oxidation sites excluding steroid dienone is 1. The first-order chi connectivity index (χ1) is 9.99. The minimum atomic E-state index is -0.629. The number of aromatic hydroxyl groups is 2. The van der Waals surface area contributed by atoms with Crippen LogP contribution in [-0.4, -0.2) is 29.0 Å². The summed E-state index contributed by atoms with van der Waals surface area (Å²) >= 11 is 0. The largest absolute Gasteiger partial charge is 0.502 e. The van der Waals surface area contributed by atoms with Gasteiger partial charge in [-0.3, -0.25) is 0 Å². The van der Waals surface area contributed by atoms with Crippen LogP contribution in [0.3, 0.4) is 0 Å². The third-order valence-electron chi connectivity index (χ3n) is 3.20. The highest BCUT2D eigenvalue weighted by Crippen LogP contribution is 2.45. The molecule has 3 N–H and O–H groups in total. The van der Waals surface area contributed by atoms with E-state index in [0.29, 0.717) is 17.4 Å². The van der Waals surface area contributed by atoms with E-state index in [4.69, 9.17) is 14.3 Å². The number of aliphatic hydroxyl groups excluding tert-OH is 1. The van der Waals surface area contributed by atoms with Crippen LogP contribution in [0.25, 0.3) is 11.0 Å². The van der Waals surface area contributed by atoms with Gasteiger partial charge in [0.05, 0.1) is 13.7 Å². The Morgan fingerprint density at radius 2 is 2.05 bits per heavy atom. The summed E-state index contributed by atoms with van der Waals surface area (Å²) in [6.45, 7) is 1.68. The molecule has 6 heteroatoms. The predicted molar refractivity (Wildman–Crippen MR) is 76.9 cm³/mol. The minimum Gasteiger partial charge on any atom is -0.502 e. The second-order valence-corrected chi connectivity index (χ2v) is 4.62. The Morgan fingerprint density at radius 3 is 2.67 bits per heavy atom. The van der Waals surface area contributed by atoms with Crippen molar-refractivity contribution in [3.05, 3.63) is 39.8 Å². The lowest BCUT2D eigenvalue weighted by atomic mass is 10.0. The van der Waals surface area contributed by atoms with Gasteiger partial charge in [0.1, 0.15) is 0 Å². The Labute approximate surface area is 120 Å². The fourth-order valence-electron chi connectivity index (χ4n) is 2.07. The Kier molecular flexibility index (Phi) is 4.18. The lowest BCUT2D eigenvalue weighted by Crippen LogP contribution is -2.00. The maximum atomic E-state index is 11.3. The van der Waals surface area contributed by atoms with E-state index in [1.807, 2.05) is 0 Å². The van der Waals surface area contributed by atoms with Crippen molar-refractivity contribution in [2.24, 2.45) is 0 Å². The fourth-order valence-corrected chi connectivity index (χ4v) is 2.07. The van der Waals surface area contributed by atoms with E-state index in [0.717, 1.165) is 5.57 Å². The molecule has 6 nitrogen and oxygen atoms in total. The summed E-state index contributed by atoms with van der Waals surface area (Å²) in [5.74, 6) is -0.911. The molecule has 0 aliphatic rings. The van der Waals surface area contributed by atoms with Gasteiger partial charge >= 0.3 is 5.63 Å². The van der Waals surface area contributed by atoms with Crippen molar-refractivity contribution in [3.8, 4) is 17.2 Å². The topological polar surface area (TPSA) is 100 Å².